The minimum atomic E-state index is 0. The Morgan fingerprint density at radius 2 is 1.97 bits per heavy atom. The van der Waals surface area contributed by atoms with Gasteiger partial charge in [-0.1, -0.05) is 37.6 Å². The zero-order valence-electron chi connectivity index (χ0n) is 19.0. The van der Waals surface area contributed by atoms with E-state index in [0.717, 1.165) is 69.6 Å². The van der Waals surface area contributed by atoms with Gasteiger partial charge in [-0.2, -0.15) is 0 Å². The summed E-state index contributed by atoms with van der Waals surface area (Å²) in [5.74, 6) is 0.869. The Hall–Kier alpha value is -0.570. The quantitative estimate of drug-likeness (QED) is 0.252. The van der Waals surface area contributed by atoms with Crippen molar-refractivity contribution in [2.24, 2.45) is 4.99 Å². The molecule has 0 spiro atoms. The predicted octanol–water partition coefficient (Wildman–Crippen LogP) is 4.68. The van der Waals surface area contributed by atoms with Gasteiger partial charge in [0.1, 0.15) is 0 Å². The van der Waals surface area contributed by atoms with Gasteiger partial charge in [-0.05, 0) is 69.9 Å². The Labute approximate surface area is 205 Å². The maximum absolute atomic E-state index is 6.29. The minimum absolute atomic E-state index is 0. The van der Waals surface area contributed by atoms with Crippen LogP contribution in [0, 0.1) is 0 Å². The van der Waals surface area contributed by atoms with Crippen LogP contribution in [-0.2, 0) is 10.2 Å². The first-order valence-electron chi connectivity index (χ1n) is 11.1. The van der Waals surface area contributed by atoms with E-state index in [1.165, 1.54) is 12.0 Å². The fraction of sp³-hybridized carbons (Fsp3) is 0.696. The van der Waals surface area contributed by atoms with E-state index in [0.29, 0.717) is 6.04 Å². The molecule has 0 radical (unpaired) electrons. The Morgan fingerprint density at radius 1 is 1.27 bits per heavy atom. The number of guanidine groups is 1. The molecule has 1 atom stereocenters. The number of benzene rings is 1. The lowest BCUT2D eigenvalue weighted by Gasteiger charge is -2.38. The summed E-state index contributed by atoms with van der Waals surface area (Å²) in [6, 6.07) is 8.64. The number of aliphatic imine (C=N–C) groups is 1. The molecule has 1 aromatic rings. The zero-order chi connectivity index (χ0) is 21.1. The van der Waals surface area contributed by atoms with Crippen molar-refractivity contribution in [3.63, 3.8) is 0 Å². The largest absolute Gasteiger partial charge is 0.381 e. The van der Waals surface area contributed by atoms with Gasteiger partial charge < -0.3 is 20.3 Å². The van der Waals surface area contributed by atoms with Gasteiger partial charge in [-0.3, -0.25) is 4.99 Å². The first-order valence-corrected chi connectivity index (χ1v) is 11.4. The molecule has 1 saturated heterocycles. The van der Waals surface area contributed by atoms with Gasteiger partial charge in [0.15, 0.2) is 5.96 Å². The molecule has 1 aliphatic rings. The molecular weight excluding hydrogens is 511 g/mol. The van der Waals surface area contributed by atoms with Crippen LogP contribution in [0.5, 0.6) is 0 Å². The van der Waals surface area contributed by atoms with Gasteiger partial charge in [0.2, 0.25) is 0 Å². The van der Waals surface area contributed by atoms with Gasteiger partial charge in [0.05, 0.1) is 0 Å². The van der Waals surface area contributed by atoms with E-state index in [4.69, 9.17) is 16.3 Å². The molecule has 1 fully saturated rings. The van der Waals surface area contributed by atoms with Crippen LogP contribution in [-0.4, -0.2) is 63.3 Å². The highest BCUT2D eigenvalue weighted by molar-refractivity contribution is 14.0. The van der Waals surface area contributed by atoms with Crippen molar-refractivity contribution in [1.82, 2.24) is 15.5 Å². The van der Waals surface area contributed by atoms with Crippen LogP contribution in [0.2, 0.25) is 5.02 Å². The Bertz CT molecular complexity index is 633. The molecule has 1 heterocycles. The monoisotopic (exact) mass is 550 g/mol. The van der Waals surface area contributed by atoms with Gasteiger partial charge in [0, 0.05) is 43.3 Å². The maximum Gasteiger partial charge on any atom is 0.191 e. The molecule has 0 aliphatic carbocycles. The van der Waals surface area contributed by atoms with Crippen LogP contribution in [0.4, 0.5) is 0 Å². The van der Waals surface area contributed by atoms with E-state index >= 15 is 0 Å². The molecular formula is C23H40ClIN4O. The molecule has 0 saturated carbocycles. The molecule has 1 aliphatic heterocycles. The summed E-state index contributed by atoms with van der Waals surface area (Å²) in [6.45, 7) is 12.5. The van der Waals surface area contributed by atoms with E-state index < -0.39 is 0 Å². The second kappa shape index (κ2) is 14.5. The average Bonchev–Trinajstić information content (AvgIpc) is 2.75. The fourth-order valence-corrected chi connectivity index (χ4v) is 4.25. The number of nitrogens with one attached hydrogen (secondary N) is 2. The smallest absolute Gasteiger partial charge is 0.191 e. The lowest BCUT2D eigenvalue weighted by molar-refractivity contribution is 0.0513. The molecule has 0 amide bonds. The molecule has 2 rings (SSSR count). The highest BCUT2D eigenvalue weighted by Crippen LogP contribution is 2.35. The van der Waals surface area contributed by atoms with E-state index in [-0.39, 0.29) is 29.4 Å². The third kappa shape index (κ3) is 8.52. The third-order valence-electron chi connectivity index (χ3n) is 6.09. The van der Waals surface area contributed by atoms with Gasteiger partial charge >= 0.3 is 0 Å². The van der Waals surface area contributed by atoms with Crippen LogP contribution in [0.25, 0.3) is 0 Å². The Kier molecular flexibility index (Phi) is 13.3. The van der Waals surface area contributed by atoms with Crippen molar-refractivity contribution in [2.45, 2.75) is 57.9 Å². The summed E-state index contributed by atoms with van der Waals surface area (Å²) in [6.07, 6.45) is 4.29. The van der Waals surface area contributed by atoms with Crippen LogP contribution >= 0.6 is 35.6 Å². The van der Waals surface area contributed by atoms with Gasteiger partial charge in [-0.15, -0.1) is 24.0 Å². The minimum Gasteiger partial charge on any atom is -0.381 e. The van der Waals surface area contributed by atoms with Crippen molar-refractivity contribution in [3.05, 3.63) is 34.9 Å². The Balaban J connectivity index is 0.00000450. The lowest BCUT2D eigenvalue weighted by atomic mass is 9.74. The molecule has 30 heavy (non-hydrogen) atoms. The summed E-state index contributed by atoms with van der Waals surface area (Å²) in [4.78, 5) is 6.93. The van der Waals surface area contributed by atoms with E-state index in [2.05, 4.69) is 53.4 Å². The molecule has 5 nitrogen and oxygen atoms in total. The number of rotatable bonds is 10. The Morgan fingerprint density at radius 3 is 2.57 bits per heavy atom. The first kappa shape index (κ1) is 27.5. The number of hydrogen-bond donors (Lipinski definition) is 2. The van der Waals surface area contributed by atoms with Gasteiger partial charge in [-0.25, -0.2) is 0 Å². The summed E-state index contributed by atoms with van der Waals surface area (Å²) in [5, 5.41) is 7.93. The SMILES string of the molecule is CCN(CC)CCCC(C)NC(=NC)NCC1(c2cccc(Cl)c2)CCOCC1.I. The average molecular weight is 551 g/mol. The van der Waals surface area contributed by atoms with Crippen molar-refractivity contribution in [2.75, 3.05) is 46.4 Å². The molecule has 172 valence electrons. The van der Waals surface area contributed by atoms with Crippen molar-refractivity contribution in [1.29, 1.82) is 0 Å². The van der Waals surface area contributed by atoms with Crippen molar-refractivity contribution >= 4 is 41.5 Å². The van der Waals surface area contributed by atoms with E-state index in [1.807, 2.05) is 19.2 Å². The van der Waals surface area contributed by atoms with Gasteiger partial charge in [0.25, 0.3) is 0 Å². The molecule has 0 bridgehead atoms. The lowest BCUT2D eigenvalue weighted by Crippen LogP contribution is -2.49. The van der Waals surface area contributed by atoms with Crippen LogP contribution in [0.1, 0.15) is 52.0 Å². The summed E-state index contributed by atoms with van der Waals surface area (Å²) >= 11 is 6.29. The molecule has 2 N–H and O–H groups in total. The van der Waals surface area contributed by atoms with Crippen molar-refractivity contribution < 1.29 is 4.74 Å². The first-order chi connectivity index (χ1) is 14.0. The fourth-order valence-electron chi connectivity index (χ4n) is 4.06. The standard InChI is InChI=1S/C23H39ClN4O.HI/c1-5-28(6-2)14-8-9-19(3)27-22(25-4)26-18-23(12-15-29-16-13-23)20-10-7-11-21(24)17-20;/h7,10-11,17,19H,5-6,8-9,12-16,18H2,1-4H3,(H2,25,26,27);1H. The molecule has 0 aromatic heterocycles. The summed E-state index contributed by atoms with van der Waals surface area (Å²) in [5.41, 5.74) is 1.30. The van der Waals surface area contributed by atoms with E-state index in [9.17, 15) is 0 Å². The highest BCUT2D eigenvalue weighted by atomic mass is 127. The molecule has 1 aromatic carbocycles. The van der Waals surface area contributed by atoms with Crippen LogP contribution in [0.3, 0.4) is 0 Å². The predicted molar refractivity (Wildman–Crippen MR) is 140 cm³/mol. The summed E-state index contributed by atoms with van der Waals surface area (Å²) in [7, 11) is 1.84. The molecule has 1 unspecified atom stereocenters. The zero-order valence-corrected chi connectivity index (χ0v) is 22.1. The van der Waals surface area contributed by atoms with Crippen LogP contribution in [0.15, 0.2) is 29.3 Å². The molecule has 7 heteroatoms. The number of ether oxygens (including phenoxy) is 1. The van der Waals surface area contributed by atoms with Crippen LogP contribution < -0.4 is 10.6 Å². The second-order valence-corrected chi connectivity index (χ2v) is 8.48. The normalized spacial score (nSPS) is 17.3. The number of halogens is 2. The number of hydrogen-bond acceptors (Lipinski definition) is 3. The topological polar surface area (TPSA) is 48.9 Å². The third-order valence-corrected chi connectivity index (χ3v) is 6.33. The second-order valence-electron chi connectivity index (χ2n) is 8.04. The maximum atomic E-state index is 6.29. The highest BCUT2D eigenvalue weighted by Gasteiger charge is 2.34. The van der Waals surface area contributed by atoms with Crippen molar-refractivity contribution in [3.8, 4) is 0 Å². The summed E-state index contributed by atoms with van der Waals surface area (Å²) < 4.78 is 5.65. The van der Waals surface area contributed by atoms with E-state index in [1.54, 1.807) is 0 Å². The number of nitrogens with zero attached hydrogens (tertiary/aromatic N) is 2.